The molecule has 0 bridgehead atoms. The predicted octanol–water partition coefficient (Wildman–Crippen LogP) is 2.42. The third-order valence-electron chi connectivity index (χ3n) is 2.98. The van der Waals surface area contributed by atoms with E-state index in [0.717, 1.165) is 25.9 Å². The highest BCUT2D eigenvalue weighted by atomic mass is 79.9. The summed E-state index contributed by atoms with van der Waals surface area (Å²) in [7, 11) is 0. The number of ether oxygens (including phenoxy) is 1. The second kappa shape index (κ2) is 5.64. The Bertz CT molecular complexity index is 225. The van der Waals surface area contributed by atoms with Gasteiger partial charge in [-0.3, -0.25) is 0 Å². The summed E-state index contributed by atoms with van der Waals surface area (Å²) in [6, 6.07) is 0. The lowest BCUT2D eigenvalue weighted by molar-refractivity contribution is -0.165. The fourth-order valence-corrected chi connectivity index (χ4v) is 2.08. The largest absolute Gasteiger partial charge is 0.457 e. The van der Waals surface area contributed by atoms with Crippen LogP contribution < -0.4 is 5.32 Å². The minimum atomic E-state index is -0.407. The van der Waals surface area contributed by atoms with E-state index < -0.39 is 3.74 Å². The highest BCUT2D eigenvalue weighted by Crippen LogP contribution is 2.32. The molecule has 0 spiro atoms. The molecule has 0 aliphatic carbocycles. The Kier molecular flexibility index (Phi) is 5.06. The van der Waals surface area contributed by atoms with Gasteiger partial charge in [0, 0.05) is 0 Å². The van der Waals surface area contributed by atoms with Crippen molar-refractivity contribution in [2.24, 2.45) is 5.92 Å². The molecule has 1 aliphatic heterocycles. The molecule has 0 aromatic heterocycles. The standard InChI is InChI=1S/C10H17Br2NO2/c1-7(2)10(3-5-13-6-4-10)15-9(14)8(11)12/h7-8,13H,3-6H2,1-2H3. The molecular weight excluding hydrogens is 326 g/mol. The minimum absolute atomic E-state index is 0.231. The minimum Gasteiger partial charge on any atom is -0.457 e. The SMILES string of the molecule is CC(C)C1(OC(=O)C(Br)Br)CCNCC1. The molecule has 1 N–H and O–H groups in total. The summed E-state index contributed by atoms with van der Waals surface area (Å²) in [4.78, 5) is 11.6. The third-order valence-corrected chi connectivity index (χ3v) is 3.73. The normalized spacial score (nSPS) is 20.7. The van der Waals surface area contributed by atoms with E-state index in [2.05, 4.69) is 51.0 Å². The van der Waals surface area contributed by atoms with Gasteiger partial charge in [0.05, 0.1) is 0 Å². The van der Waals surface area contributed by atoms with Crippen molar-refractivity contribution in [3.05, 3.63) is 0 Å². The second-order valence-electron chi connectivity index (χ2n) is 4.19. The lowest BCUT2D eigenvalue weighted by atomic mass is 9.82. The zero-order valence-electron chi connectivity index (χ0n) is 9.06. The molecule has 0 atom stereocenters. The van der Waals surface area contributed by atoms with Gasteiger partial charge in [0.15, 0.2) is 3.74 Å². The van der Waals surface area contributed by atoms with Crippen LogP contribution in [0.15, 0.2) is 0 Å². The Labute approximate surface area is 108 Å². The van der Waals surface area contributed by atoms with Crippen LogP contribution in [0.4, 0.5) is 0 Å². The summed E-state index contributed by atoms with van der Waals surface area (Å²) >= 11 is 6.33. The quantitative estimate of drug-likeness (QED) is 0.632. The second-order valence-corrected chi connectivity index (χ2v) is 7.25. The van der Waals surface area contributed by atoms with E-state index in [4.69, 9.17) is 4.74 Å². The van der Waals surface area contributed by atoms with Gasteiger partial charge in [-0.1, -0.05) is 45.7 Å². The van der Waals surface area contributed by atoms with Crippen LogP contribution in [0, 0.1) is 5.92 Å². The van der Waals surface area contributed by atoms with Gasteiger partial charge in [-0.2, -0.15) is 0 Å². The highest BCUT2D eigenvalue weighted by molar-refractivity contribution is 9.25. The Morgan fingerprint density at radius 3 is 2.27 bits per heavy atom. The van der Waals surface area contributed by atoms with E-state index in [1.165, 1.54) is 0 Å². The van der Waals surface area contributed by atoms with E-state index in [1.807, 2.05) is 0 Å². The molecule has 0 radical (unpaired) electrons. The number of hydrogen-bond donors (Lipinski definition) is 1. The van der Waals surface area contributed by atoms with Gasteiger partial charge in [-0.05, 0) is 31.8 Å². The number of alkyl halides is 2. The number of halogens is 2. The first-order chi connectivity index (χ1) is 6.98. The maximum atomic E-state index is 11.6. The first kappa shape index (κ1) is 13.5. The number of piperidine rings is 1. The van der Waals surface area contributed by atoms with E-state index in [1.54, 1.807) is 0 Å². The predicted molar refractivity (Wildman–Crippen MR) is 67.4 cm³/mol. The zero-order valence-corrected chi connectivity index (χ0v) is 12.2. The molecular formula is C10H17Br2NO2. The van der Waals surface area contributed by atoms with Crippen molar-refractivity contribution < 1.29 is 9.53 Å². The molecule has 0 aromatic carbocycles. The van der Waals surface area contributed by atoms with Crippen molar-refractivity contribution in [1.29, 1.82) is 0 Å². The van der Waals surface area contributed by atoms with Crippen molar-refractivity contribution >= 4 is 37.8 Å². The molecule has 1 fully saturated rings. The van der Waals surface area contributed by atoms with Crippen LogP contribution >= 0.6 is 31.9 Å². The van der Waals surface area contributed by atoms with Crippen molar-refractivity contribution in [2.75, 3.05) is 13.1 Å². The molecule has 0 amide bonds. The number of hydrogen-bond acceptors (Lipinski definition) is 3. The number of carbonyl (C=O) groups is 1. The number of nitrogens with one attached hydrogen (secondary N) is 1. The van der Waals surface area contributed by atoms with Crippen LogP contribution in [-0.2, 0) is 9.53 Å². The molecule has 0 aromatic rings. The fourth-order valence-electron chi connectivity index (χ4n) is 1.89. The summed E-state index contributed by atoms with van der Waals surface area (Å²) in [5.41, 5.74) is -0.290. The average molecular weight is 343 g/mol. The highest BCUT2D eigenvalue weighted by Gasteiger charge is 2.39. The summed E-state index contributed by atoms with van der Waals surface area (Å²) in [5, 5.41) is 3.28. The number of esters is 1. The maximum absolute atomic E-state index is 11.6. The summed E-state index contributed by atoms with van der Waals surface area (Å²) < 4.78 is 5.22. The Hall–Kier alpha value is 0.390. The van der Waals surface area contributed by atoms with Crippen LogP contribution in [-0.4, -0.2) is 28.4 Å². The summed E-state index contributed by atoms with van der Waals surface area (Å²) in [6.07, 6.45) is 1.78. The molecule has 5 heteroatoms. The van der Waals surface area contributed by atoms with Crippen molar-refractivity contribution in [3.63, 3.8) is 0 Å². The Morgan fingerprint density at radius 2 is 1.87 bits per heavy atom. The van der Waals surface area contributed by atoms with E-state index in [9.17, 15) is 4.79 Å². The Morgan fingerprint density at radius 1 is 1.33 bits per heavy atom. The van der Waals surface area contributed by atoms with Crippen LogP contribution in [0.3, 0.4) is 0 Å². The van der Waals surface area contributed by atoms with Crippen molar-refractivity contribution in [3.8, 4) is 0 Å². The third kappa shape index (κ3) is 3.43. The first-order valence-electron chi connectivity index (χ1n) is 5.20. The van der Waals surface area contributed by atoms with Gasteiger partial charge in [-0.15, -0.1) is 0 Å². The van der Waals surface area contributed by atoms with Gasteiger partial charge in [0.2, 0.25) is 0 Å². The molecule has 1 rings (SSSR count). The zero-order chi connectivity index (χ0) is 11.5. The van der Waals surface area contributed by atoms with Gasteiger partial charge < -0.3 is 10.1 Å². The lowest BCUT2D eigenvalue weighted by Gasteiger charge is -2.40. The number of rotatable bonds is 3. The molecule has 15 heavy (non-hydrogen) atoms. The molecule has 1 aliphatic rings. The smallest absolute Gasteiger partial charge is 0.331 e. The maximum Gasteiger partial charge on any atom is 0.331 e. The van der Waals surface area contributed by atoms with Crippen LogP contribution in [0.5, 0.6) is 0 Å². The molecule has 0 saturated carbocycles. The average Bonchev–Trinajstić information content (AvgIpc) is 2.18. The molecule has 0 unspecified atom stereocenters. The molecule has 88 valence electrons. The molecule has 3 nitrogen and oxygen atoms in total. The number of carbonyl (C=O) groups excluding carboxylic acids is 1. The Balaban J connectivity index is 2.68. The summed E-state index contributed by atoms with van der Waals surface area (Å²) in [6.45, 7) is 6.05. The van der Waals surface area contributed by atoms with Crippen molar-refractivity contribution in [2.45, 2.75) is 36.0 Å². The van der Waals surface area contributed by atoms with Gasteiger partial charge in [-0.25, -0.2) is 4.79 Å². The van der Waals surface area contributed by atoms with E-state index in [-0.39, 0.29) is 11.6 Å². The van der Waals surface area contributed by atoms with Crippen LogP contribution in [0.2, 0.25) is 0 Å². The first-order valence-corrected chi connectivity index (χ1v) is 7.03. The van der Waals surface area contributed by atoms with Gasteiger partial charge in [0.1, 0.15) is 5.60 Å². The van der Waals surface area contributed by atoms with Crippen LogP contribution in [0.25, 0.3) is 0 Å². The van der Waals surface area contributed by atoms with Crippen LogP contribution in [0.1, 0.15) is 26.7 Å². The lowest BCUT2D eigenvalue weighted by Crippen LogP contribution is -2.49. The topological polar surface area (TPSA) is 38.3 Å². The molecule has 1 saturated heterocycles. The monoisotopic (exact) mass is 341 g/mol. The van der Waals surface area contributed by atoms with E-state index in [0.29, 0.717) is 5.92 Å². The summed E-state index contributed by atoms with van der Waals surface area (Å²) in [5.74, 6) is 0.118. The van der Waals surface area contributed by atoms with Gasteiger partial charge >= 0.3 is 5.97 Å². The van der Waals surface area contributed by atoms with Crippen molar-refractivity contribution in [1.82, 2.24) is 5.32 Å². The fraction of sp³-hybridized carbons (Fsp3) is 0.900. The van der Waals surface area contributed by atoms with E-state index >= 15 is 0 Å². The molecule has 1 heterocycles. The van der Waals surface area contributed by atoms with Gasteiger partial charge in [0.25, 0.3) is 0 Å².